The highest BCUT2D eigenvalue weighted by molar-refractivity contribution is 8.01. The third-order valence-electron chi connectivity index (χ3n) is 2.63. The Balaban J connectivity index is 2.07. The summed E-state index contributed by atoms with van der Waals surface area (Å²) >= 11 is 3.03. The van der Waals surface area contributed by atoms with Gasteiger partial charge in [-0.05, 0) is 13.8 Å². The van der Waals surface area contributed by atoms with Crippen LogP contribution in [0.1, 0.15) is 41.4 Å². The summed E-state index contributed by atoms with van der Waals surface area (Å²) in [5, 5.41) is 3.90. The Morgan fingerprint density at radius 2 is 2.25 bits per heavy atom. The van der Waals surface area contributed by atoms with Crippen LogP contribution in [0, 0.1) is 6.92 Å². The Bertz CT molecular complexity index is 608. The van der Waals surface area contributed by atoms with E-state index in [1.807, 2.05) is 20.8 Å². The largest absolute Gasteiger partial charge is 0.369 e. The van der Waals surface area contributed by atoms with Crippen LogP contribution in [-0.2, 0) is 17.6 Å². The molecule has 2 aromatic heterocycles. The molecular formula is C12H16N4O2S2. The summed E-state index contributed by atoms with van der Waals surface area (Å²) in [6.07, 6.45) is 0.985. The van der Waals surface area contributed by atoms with Crippen LogP contribution in [0.15, 0.2) is 8.86 Å². The second-order valence-electron chi connectivity index (χ2n) is 4.29. The lowest BCUT2D eigenvalue weighted by Gasteiger charge is -2.01. The molecule has 0 saturated carbocycles. The van der Waals surface area contributed by atoms with E-state index in [1.165, 1.54) is 11.3 Å². The molecule has 2 rings (SSSR count). The zero-order chi connectivity index (χ0) is 14.7. The second kappa shape index (κ2) is 6.36. The zero-order valence-electron chi connectivity index (χ0n) is 11.5. The lowest BCUT2D eigenvalue weighted by Crippen LogP contribution is -2.13. The Morgan fingerprint density at radius 3 is 2.85 bits per heavy atom. The number of carbonyl (C=O) groups is 1. The lowest BCUT2D eigenvalue weighted by atomic mass is 10.3. The predicted molar refractivity (Wildman–Crippen MR) is 77.7 cm³/mol. The molecule has 0 radical (unpaired) electrons. The maximum Gasteiger partial charge on any atom is 0.239 e. The quantitative estimate of drug-likeness (QED) is 0.822. The molecule has 0 aliphatic rings. The summed E-state index contributed by atoms with van der Waals surface area (Å²) in [6.45, 7) is 5.85. The van der Waals surface area contributed by atoms with E-state index < -0.39 is 0 Å². The Kier molecular flexibility index (Phi) is 4.77. The molecule has 2 aromatic rings. The highest BCUT2D eigenvalue weighted by Gasteiger charge is 2.18. The summed E-state index contributed by atoms with van der Waals surface area (Å²) in [5.41, 5.74) is 6.06. The van der Waals surface area contributed by atoms with E-state index in [2.05, 4.69) is 15.1 Å². The van der Waals surface area contributed by atoms with Crippen molar-refractivity contribution in [2.45, 2.75) is 43.2 Å². The number of aryl methyl sites for hydroxylation is 2. The summed E-state index contributed by atoms with van der Waals surface area (Å²) in [4.78, 5) is 20.6. The number of nitrogens with two attached hydrogens (primary N) is 1. The minimum absolute atomic E-state index is 0.0229. The Hall–Kier alpha value is -1.41. The number of nitrogens with zero attached hydrogens (tertiary/aromatic N) is 3. The fraction of sp³-hybridized carbons (Fsp3) is 0.500. The van der Waals surface area contributed by atoms with Crippen molar-refractivity contribution in [1.82, 2.24) is 15.1 Å². The van der Waals surface area contributed by atoms with Gasteiger partial charge in [0, 0.05) is 11.3 Å². The molecule has 2 N–H and O–H groups in total. The van der Waals surface area contributed by atoms with Crippen molar-refractivity contribution in [2.75, 3.05) is 0 Å². The van der Waals surface area contributed by atoms with Crippen molar-refractivity contribution in [1.29, 1.82) is 0 Å². The van der Waals surface area contributed by atoms with Gasteiger partial charge in [-0.15, -0.1) is 11.3 Å². The monoisotopic (exact) mass is 312 g/mol. The Labute approximate surface area is 125 Å². The van der Waals surface area contributed by atoms with E-state index >= 15 is 0 Å². The first-order valence-corrected chi connectivity index (χ1v) is 7.93. The van der Waals surface area contributed by atoms with E-state index in [4.69, 9.17) is 10.3 Å². The summed E-state index contributed by atoms with van der Waals surface area (Å²) in [5.74, 6) is 0.958. The molecule has 108 valence electrons. The minimum atomic E-state index is -0.342. The number of amides is 1. The molecule has 0 aliphatic carbocycles. The van der Waals surface area contributed by atoms with Crippen molar-refractivity contribution in [3.63, 3.8) is 0 Å². The van der Waals surface area contributed by atoms with E-state index in [9.17, 15) is 4.79 Å². The maximum absolute atomic E-state index is 11.0. The summed E-state index contributed by atoms with van der Waals surface area (Å²) in [6, 6.07) is 0. The number of primary amides is 1. The molecule has 1 amide bonds. The lowest BCUT2D eigenvalue weighted by molar-refractivity contribution is -0.117. The van der Waals surface area contributed by atoms with Gasteiger partial charge in [0.25, 0.3) is 0 Å². The number of thiazole rings is 1. The molecule has 20 heavy (non-hydrogen) atoms. The predicted octanol–water partition coefficient (Wildman–Crippen LogP) is 2.28. The summed E-state index contributed by atoms with van der Waals surface area (Å²) < 4.78 is 6.09. The number of aromatic nitrogens is 3. The van der Waals surface area contributed by atoms with Crippen LogP contribution >= 0.6 is 23.1 Å². The highest BCUT2D eigenvalue weighted by Crippen LogP contribution is 2.37. The van der Waals surface area contributed by atoms with Crippen LogP contribution in [0.3, 0.4) is 0 Å². The van der Waals surface area contributed by atoms with Crippen molar-refractivity contribution >= 4 is 29.0 Å². The van der Waals surface area contributed by atoms with Crippen molar-refractivity contribution in [3.8, 4) is 0 Å². The molecule has 0 aromatic carbocycles. The molecule has 8 heteroatoms. The van der Waals surface area contributed by atoms with Gasteiger partial charge in [0.15, 0.2) is 10.2 Å². The van der Waals surface area contributed by atoms with E-state index in [0.29, 0.717) is 11.7 Å². The first-order chi connectivity index (χ1) is 9.49. The molecular weight excluding hydrogens is 296 g/mol. The van der Waals surface area contributed by atoms with Gasteiger partial charge >= 0.3 is 0 Å². The molecule has 0 spiro atoms. The van der Waals surface area contributed by atoms with Crippen molar-refractivity contribution in [2.24, 2.45) is 5.73 Å². The van der Waals surface area contributed by atoms with Crippen LogP contribution in [0.4, 0.5) is 0 Å². The molecule has 0 saturated heterocycles. The van der Waals surface area contributed by atoms with Gasteiger partial charge in [0.2, 0.25) is 11.8 Å². The molecule has 0 fully saturated rings. The van der Waals surface area contributed by atoms with E-state index in [-0.39, 0.29) is 17.6 Å². The van der Waals surface area contributed by atoms with Gasteiger partial charge in [-0.1, -0.05) is 23.8 Å². The first-order valence-electron chi connectivity index (χ1n) is 6.23. The number of carbonyl (C=O) groups excluding carboxylic acids is 1. The second-order valence-corrected chi connectivity index (χ2v) is 6.97. The van der Waals surface area contributed by atoms with E-state index in [1.54, 1.807) is 11.8 Å². The van der Waals surface area contributed by atoms with Crippen LogP contribution in [0.2, 0.25) is 0 Å². The summed E-state index contributed by atoms with van der Waals surface area (Å²) in [7, 11) is 0. The third kappa shape index (κ3) is 3.57. The Morgan fingerprint density at radius 1 is 1.50 bits per heavy atom. The average molecular weight is 312 g/mol. The minimum Gasteiger partial charge on any atom is -0.369 e. The molecule has 1 atom stereocenters. The third-order valence-corrected chi connectivity index (χ3v) is 4.97. The molecule has 0 unspecified atom stereocenters. The van der Waals surface area contributed by atoms with Gasteiger partial charge in [0.05, 0.1) is 17.4 Å². The van der Waals surface area contributed by atoms with Gasteiger partial charge < -0.3 is 10.3 Å². The number of hydrogen-bond donors (Lipinski definition) is 1. The zero-order valence-corrected chi connectivity index (χ0v) is 13.2. The van der Waals surface area contributed by atoms with E-state index in [0.717, 1.165) is 21.3 Å². The SMILES string of the molecule is CCc1noc([C@@H](C)Sc2nc(C)c(CC(N)=O)s2)n1. The first kappa shape index (κ1) is 15.0. The van der Waals surface area contributed by atoms with Crippen LogP contribution in [-0.4, -0.2) is 21.0 Å². The number of hydrogen-bond acceptors (Lipinski definition) is 7. The van der Waals surface area contributed by atoms with Gasteiger partial charge in [-0.2, -0.15) is 4.98 Å². The average Bonchev–Trinajstić information content (AvgIpc) is 2.96. The highest BCUT2D eigenvalue weighted by atomic mass is 32.2. The molecule has 6 nitrogen and oxygen atoms in total. The number of rotatable bonds is 6. The van der Waals surface area contributed by atoms with Gasteiger partial charge in [0.1, 0.15) is 0 Å². The maximum atomic E-state index is 11.0. The van der Waals surface area contributed by atoms with Crippen LogP contribution in [0.5, 0.6) is 0 Å². The van der Waals surface area contributed by atoms with Crippen molar-refractivity contribution < 1.29 is 9.32 Å². The topological polar surface area (TPSA) is 94.9 Å². The molecule has 2 heterocycles. The molecule has 0 bridgehead atoms. The van der Waals surface area contributed by atoms with Crippen LogP contribution in [0.25, 0.3) is 0 Å². The van der Waals surface area contributed by atoms with Crippen molar-refractivity contribution in [3.05, 3.63) is 22.3 Å². The van der Waals surface area contributed by atoms with Gasteiger partial charge in [-0.3, -0.25) is 4.79 Å². The normalized spacial score (nSPS) is 12.6. The smallest absolute Gasteiger partial charge is 0.239 e. The van der Waals surface area contributed by atoms with Gasteiger partial charge in [-0.25, -0.2) is 4.98 Å². The fourth-order valence-electron chi connectivity index (χ4n) is 1.55. The number of thioether (sulfide) groups is 1. The van der Waals surface area contributed by atoms with Crippen LogP contribution < -0.4 is 5.73 Å². The standard InChI is InChI=1S/C12H16N4O2S2/c1-4-10-15-11(18-16-10)7(3)19-12-14-6(2)8(20-12)5-9(13)17/h7H,4-5H2,1-3H3,(H2,13,17)/t7-/m1/s1. The fourth-order valence-corrected chi connectivity index (χ4v) is 3.97. The molecule has 0 aliphatic heterocycles.